The molecule has 0 radical (unpaired) electrons. The summed E-state index contributed by atoms with van der Waals surface area (Å²) < 4.78 is 28.2. The Morgan fingerprint density at radius 1 is 0.939 bits per heavy atom. The molecular formula is C26H36NO6+. The average Bonchev–Trinajstić information content (AvgIpc) is 2.82. The second-order valence-electron chi connectivity index (χ2n) is 8.69. The minimum Gasteiger partial charge on any atom is -0.493 e. The molecule has 0 aromatic heterocycles. The third-order valence-electron chi connectivity index (χ3n) is 6.64. The van der Waals surface area contributed by atoms with Crippen LogP contribution in [0.4, 0.5) is 0 Å². The lowest BCUT2D eigenvalue weighted by Gasteiger charge is -2.46. The van der Waals surface area contributed by atoms with Gasteiger partial charge in [-0.2, -0.15) is 0 Å². The van der Waals surface area contributed by atoms with Gasteiger partial charge in [-0.1, -0.05) is 6.07 Å². The van der Waals surface area contributed by atoms with Crippen LogP contribution < -0.4 is 18.9 Å². The summed E-state index contributed by atoms with van der Waals surface area (Å²) in [5, 5.41) is 0. The highest BCUT2D eigenvalue weighted by Gasteiger charge is 2.39. The Kier molecular flexibility index (Phi) is 8.08. The minimum atomic E-state index is -0.236. The number of quaternary nitrogens is 1. The quantitative estimate of drug-likeness (QED) is 0.305. The van der Waals surface area contributed by atoms with E-state index in [1.165, 1.54) is 23.6 Å². The van der Waals surface area contributed by atoms with Gasteiger partial charge in [-0.25, -0.2) is 0 Å². The summed E-state index contributed by atoms with van der Waals surface area (Å²) in [6.07, 6.45) is 2.58. The van der Waals surface area contributed by atoms with Crippen molar-refractivity contribution in [1.29, 1.82) is 0 Å². The first-order valence-electron chi connectivity index (χ1n) is 11.3. The maximum Gasteiger partial charge on any atom is 0.302 e. The molecule has 1 heterocycles. The lowest BCUT2D eigenvalue weighted by atomic mass is 9.86. The first-order valence-corrected chi connectivity index (χ1v) is 11.3. The fraction of sp³-hybridized carbons (Fsp3) is 0.500. The van der Waals surface area contributed by atoms with Crippen molar-refractivity contribution in [2.24, 2.45) is 0 Å². The Bertz CT molecular complexity index is 975. The van der Waals surface area contributed by atoms with E-state index in [1.54, 1.807) is 28.4 Å². The predicted molar refractivity (Wildman–Crippen MR) is 126 cm³/mol. The molecule has 180 valence electrons. The topological polar surface area (TPSA) is 63.2 Å². The van der Waals surface area contributed by atoms with Gasteiger partial charge in [0.25, 0.3) is 0 Å². The van der Waals surface area contributed by atoms with Crippen LogP contribution in [0.2, 0.25) is 0 Å². The van der Waals surface area contributed by atoms with Crippen molar-refractivity contribution in [3.63, 3.8) is 0 Å². The minimum absolute atomic E-state index is 0.198. The molecule has 2 unspecified atom stereocenters. The molecule has 0 fully saturated rings. The molecule has 7 heteroatoms. The molecular weight excluding hydrogens is 422 g/mol. The number of likely N-dealkylation sites (N-methyl/N-ethyl adjacent to an activating group) is 1. The Labute approximate surface area is 196 Å². The highest BCUT2D eigenvalue weighted by atomic mass is 16.5. The molecule has 0 bridgehead atoms. The van der Waals surface area contributed by atoms with Gasteiger partial charge < -0.3 is 28.2 Å². The van der Waals surface area contributed by atoms with Crippen LogP contribution in [0.15, 0.2) is 30.3 Å². The van der Waals surface area contributed by atoms with E-state index in [0.717, 1.165) is 59.8 Å². The Balaban J connectivity index is 1.98. The van der Waals surface area contributed by atoms with Crippen LogP contribution in [0.5, 0.6) is 23.0 Å². The summed E-state index contributed by atoms with van der Waals surface area (Å²) >= 11 is 0. The van der Waals surface area contributed by atoms with E-state index in [2.05, 4.69) is 31.3 Å². The summed E-state index contributed by atoms with van der Waals surface area (Å²) in [6, 6.07) is 10.5. The van der Waals surface area contributed by atoms with Gasteiger partial charge >= 0.3 is 5.97 Å². The number of nitrogens with zero attached hydrogens (tertiary/aromatic N) is 1. The number of carbonyl (C=O) groups is 1. The highest BCUT2D eigenvalue weighted by molar-refractivity contribution is 5.65. The zero-order valence-corrected chi connectivity index (χ0v) is 20.6. The number of hydrogen-bond acceptors (Lipinski definition) is 6. The molecule has 7 nitrogen and oxygen atoms in total. The molecule has 1 aliphatic heterocycles. The number of methoxy groups -OCH3 is 4. The van der Waals surface area contributed by atoms with Crippen molar-refractivity contribution in [3.05, 3.63) is 47.0 Å². The molecule has 1 aliphatic rings. The lowest BCUT2D eigenvalue weighted by Crippen LogP contribution is -2.52. The number of hydrogen-bond donors (Lipinski definition) is 0. The maximum atomic E-state index is 11.2. The van der Waals surface area contributed by atoms with Crippen LogP contribution in [0.1, 0.15) is 36.1 Å². The largest absolute Gasteiger partial charge is 0.493 e. The molecule has 0 saturated carbocycles. The molecule has 0 amide bonds. The zero-order chi connectivity index (χ0) is 24.0. The summed E-state index contributed by atoms with van der Waals surface area (Å²) in [4.78, 5) is 11.2. The molecule has 0 saturated heterocycles. The van der Waals surface area contributed by atoms with E-state index in [4.69, 9.17) is 23.7 Å². The number of fused-ring (bicyclic) bond motifs is 1. The first-order chi connectivity index (χ1) is 15.8. The van der Waals surface area contributed by atoms with E-state index >= 15 is 0 Å². The molecule has 33 heavy (non-hydrogen) atoms. The molecule has 3 rings (SSSR count). The fourth-order valence-corrected chi connectivity index (χ4v) is 4.80. The zero-order valence-electron chi connectivity index (χ0n) is 20.6. The van der Waals surface area contributed by atoms with E-state index < -0.39 is 0 Å². The molecule has 2 aromatic carbocycles. The van der Waals surface area contributed by atoms with Crippen molar-refractivity contribution >= 4 is 5.97 Å². The third kappa shape index (κ3) is 5.53. The number of esters is 1. The second kappa shape index (κ2) is 10.8. The van der Waals surface area contributed by atoms with E-state index in [9.17, 15) is 4.79 Å². The van der Waals surface area contributed by atoms with Crippen molar-refractivity contribution in [1.82, 2.24) is 0 Å². The van der Waals surface area contributed by atoms with Gasteiger partial charge in [0.15, 0.2) is 23.0 Å². The summed E-state index contributed by atoms with van der Waals surface area (Å²) in [5.74, 6) is 2.70. The number of ether oxygens (including phenoxy) is 5. The average molecular weight is 459 g/mol. The summed E-state index contributed by atoms with van der Waals surface area (Å²) in [6.45, 7) is 3.78. The molecule has 0 N–H and O–H groups in total. The van der Waals surface area contributed by atoms with Gasteiger partial charge in [0.2, 0.25) is 0 Å². The lowest BCUT2D eigenvalue weighted by molar-refractivity contribution is -0.941. The maximum absolute atomic E-state index is 11.2. The second-order valence-corrected chi connectivity index (χ2v) is 8.69. The van der Waals surface area contributed by atoms with Crippen LogP contribution in [0, 0.1) is 0 Å². The van der Waals surface area contributed by atoms with Crippen molar-refractivity contribution < 1.29 is 33.0 Å². The summed E-state index contributed by atoms with van der Waals surface area (Å²) in [7, 11) is 8.93. The number of carbonyl (C=O) groups excluding carboxylic acids is 1. The van der Waals surface area contributed by atoms with Crippen LogP contribution in [0.3, 0.4) is 0 Å². The Morgan fingerprint density at radius 3 is 2.21 bits per heavy atom. The van der Waals surface area contributed by atoms with Crippen molar-refractivity contribution in [2.75, 3.05) is 55.2 Å². The Morgan fingerprint density at radius 2 is 1.58 bits per heavy atom. The van der Waals surface area contributed by atoms with Gasteiger partial charge in [-0.05, 0) is 35.4 Å². The standard InChI is InChI=1S/C26H36NO6/c1-18(28)33-13-7-11-27(2)12-10-20-16-25(31-5)26(32-6)17-21(20)22(27)14-19-8-9-23(29-3)24(15-19)30-4/h8-9,15-17,22H,7,10-14H2,1-6H3/q+1. The molecule has 2 atom stereocenters. The highest BCUT2D eigenvalue weighted by Crippen LogP contribution is 2.43. The third-order valence-corrected chi connectivity index (χ3v) is 6.64. The van der Waals surface area contributed by atoms with E-state index in [-0.39, 0.29) is 12.0 Å². The van der Waals surface area contributed by atoms with Crippen LogP contribution in [-0.2, 0) is 22.4 Å². The van der Waals surface area contributed by atoms with Gasteiger partial charge in [0, 0.05) is 31.7 Å². The van der Waals surface area contributed by atoms with Crippen molar-refractivity contribution in [2.45, 2.75) is 32.2 Å². The Hall–Kier alpha value is -2.93. The van der Waals surface area contributed by atoms with Crippen molar-refractivity contribution in [3.8, 4) is 23.0 Å². The normalized spacial score (nSPS) is 19.4. The predicted octanol–water partition coefficient (Wildman–Crippen LogP) is 3.96. The van der Waals surface area contributed by atoms with E-state index in [1.807, 2.05) is 6.07 Å². The van der Waals surface area contributed by atoms with Gasteiger partial charge in [-0.3, -0.25) is 4.79 Å². The van der Waals surface area contributed by atoms with Gasteiger partial charge in [0.1, 0.15) is 6.04 Å². The van der Waals surface area contributed by atoms with Crippen LogP contribution in [-0.4, -0.2) is 65.6 Å². The van der Waals surface area contributed by atoms with Gasteiger partial charge in [0.05, 0.1) is 55.2 Å². The first kappa shape index (κ1) is 24.7. The van der Waals surface area contributed by atoms with Crippen LogP contribution >= 0.6 is 0 Å². The van der Waals surface area contributed by atoms with Gasteiger partial charge in [-0.15, -0.1) is 0 Å². The smallest absolute Gasteiger partial charge is 0.302 e. The number of rotatable bonds is 10. The monoisotopic (exact) mass is 458 g/mol. The molecule has 0 spiro atoms. The molecule has 2 aromatic rings. The molecule has 0 aliphatic carbocycles. The van der Waals surface area contributed by atoms with E-state index in [0.29, 0.717) is 6.61 Å². The van der Waals surface area contributed by atoms with Crippen LogP contribution in [0.25, 0.3) is 0 Å². The number of benzene rings is 2. The SMILES string of the molecule is COc1ccc(CC2c3cc(OC)c(OC)cc3CC[N+]2(C)CCCOC(C)=O)cc1OC. The summed E-state index contributed by atoms with van der Waals surface area (Å²) in [5.41, 5.74) is 3.72. The fourth-order valence-electron chi connectivity index (χ4n) is 4.80.